The van der Waals surface area contributed by atoms with Gasteiger partial charge in [0.1, 0.15) is 5.82 Å². The number of hydrogen-bond donors (Lipinski definition) is 0. The summed E-state index contributed by atoms with van der Waals surface area (Å²) in [4.78, 5) is 5.85. The summed E-state index contributed by atoms with van der Waals surface area (Å²) in [5, 5.41) is 2.13. The lowest BCUT2D eigenvalue weighted by Crippen LogP contribution is -2.17. The van der Waals surface area contributed by atoms with Gasteiger partial charge >= 0.3 is 0 Å². The van der Waals surface area contributed by atoms with Crippen LogP contribution in [0.4, 0.5) is 10.1 Å². The molecule has 2 aromatic carbocycles. The third-order valence-corrected chi connectivity index (χ3v) is 5.08. The largest absolute Gasteiger partial charge is 0.321 e. The third-order valence-electron chi connectivity index (χ3n) is 4.10. The molecule has 0 fully saturated rings. The number of hydrogen-bond acceptors (Lipinski definition) is 2. The first-order chi connectivity index (χ1) is 11.5. The van der Waals surface area contributed by atoms with Crippen LogP contribution in [0.5, 0.6) is 0 Å². The lowest BCUT2D eigenvalue weighted by Gasteiger charge is -2.07. The molecule has 124 valence electrons. The topological polar surface area (TPSA) is 17.3 Å². The van der Waals surface area contributed by atoms with Crippen LogP contribution >= 0.6 is 11.3 Å². The molecule has 24 heavy (non-hydrogen) atoms. The second-order valence-electron chi connectivity index (χ2n) is 6.09. The Morgan fingerprint density at radius 2 is 1.79 bits per heavy atom. The summed E-state index contributed by atoms with van der Waals surface area (Å²) in [6, 6.07) is 13.0. The highest BCUT2D eigenvalue weighted by atomic mass is 32.1. The van der Waals surface area contributed by atoms with Gasteiger partial charge in [-0.15, -0.1) is 11.3 Å². The Hall–Kier alpha value is -2.20. The maximum atomic E-state index is 13.0. The summed E-state index contributed by atoms with van der Waals surface area (Å²) in [7, 11) is 0. The van der Waals surface area contributed by atoms with Gasteiger partial charge in [0.2, 0.25) is 0 Å². The van der Waals surface area contributed by atoms with E-state index in [9.17, 15) is 4.39 Å². The second kappa shape index (κ2) is 7.14. The van der Waals surface area contributed by atoms with Gasteiger partial charge in [0.15, 0.2) is 4.80 Å². The minimum Gasteiger partial charge on any atom is -0.321 e. The van der Waals surface area contributed by atoms with Gasteiger partial charge in [-0.25, -0.2) is 9.38 Å². The fourth-order valence-electron chi connectivity index (χ4n) is 2.70. The van der Waals surface area contributed by atoms with Crippen LogP contribution in [0.25, 0.3) is 0 Å². The van der Waals surface area contributed by atoms with E-state index in [0.29, 0.717) is 0 Å². The summed E-state index contributed by atoms with van der Waals surface area (Å²) in [6.45, 7) is 7.12. The van der Waals surface area contributed by atoms with E-state index in [0.717, 1.165) is 29.0 Å². The SMILES string of the molecule is Cc1ccc(N=c2scc(C)n2CCc2ccc(F)cc2)c(C)c1. The highest BCUT2D eigenvalue weighted by molar-refractivity contribution is 7.07. The van der Waals surface area contributed by atoms with Crippen molar-refractivity contribution in [2.24, 2.45) is 4.99 Å². The van der Waals surface area contributed by atoms with Crippen LogP contribution in [0.2, 0.25) is 0 Å². The number of nitrogens with zero attached hydrogens (tertiary/aromatic N) is 2. The van der Waals surface area contributed by atoms with Gasteiger partial charge in [-0.3, -0.25) is 0 Å². The molecule has 0 saturated carbocycles. The van der Waals surface area contributed by atoms with Crippen LogP contribution in [0, 0.1) is 26.6 Å². The van der Waals surface area contributed by atoms with Crippen molar-refractivity contribution >= 4 is 17.0 Å². The van der Waals surface area contributed by atoms with Crippen molar-refractivity contribution in [2.45, 2.75) is 33.7 Å². The molecule has 2 nitrogen and oxygen atoms in total. The van der Waals surface area contributed by atoms with Crippen LogP contribution in [-0.2, 0) is 13.0 Å². The Morgan fingerprint density at radius 1 is 1.04 bits per heavy atom. The maximum Gasteiger partial charge on any atom is 0.190 e. The minimum atomic E-state index is -0.191. The molecule has 0 spiro atoms. The van der Waals surface area contributed by atoms with Crippen molar-refractivity contribution in [3.63, 3.8) is 0 Å². The Kier molecular flexibility index (Phi) is 4.95. The average molecular weight is 340 g/mol. The second-order valence-corrected chi connectivity index (χ2v) is 6.93. The molecule has 0 bridgehead atoms. The molecule has 0 aliphatic rings. The zero-order valence-electron chi connectivity index (χ0n) is 14.2. The standard InChI is InChI=1S/C20H21FN2S/c1-14-4-9-19(15(2)12-14)22-20-23(16(3)13-24-20)11-10-17-5-7-18(21)8-6-17/h4-9,12-13H,10-11H2,1-3H3. The van der Waals surface area contributed by atoms with Crippen molar-refractivity contribution in [3.05, 3.63) is 80.8 Å². The van der Waals surface area contributed by atoms with Crippen LogP contribution in [0.3, 0.4) is 0 Å². The van der Waals surface area contributed by atoms with E-state index >= 15 is 0 Å². The highest BCUT2D eigenvalue weighted by Gasteiger charge is 2.04. The first-order valence-electron chi connectivity index (χ1n) is 8.04. The van der Waals surface area contributed by atoms with E-state index in [1.165, 1.54) is 29.0 Å². The lowest BCUT2D eigenvalue weighted by atomic mass is 10.1. The summed E-state index contributed by atoms with van der Waals surface area (Å²) >= 11 is 1.66. The van der Waals surface area contributed by atoms with Gasteiger partial charge in [-0.1, -0.05) is 29.8 Å². The molecule has 1 heterocycles. The summed E-state index contributed by atoms with van der Waals surface area (Å²) in [5.41, 5.74) is 5.78. The molecule has 0 aliphatic heterocycles. The van der Waals surface area contributed by atoms with Crippen LogP contribution in [-0.4, -0.2) is 4.57 Å². The molecule has 3 aromatic rings. The molecule has 0 atom stereocenters. The van der Waals surface area contributed by atoms with E-state index in [1.807, 2.05) is 12.1 Å². The Bertz CT molecular complexity index is 904. The van der Waals surface area contributed by atoms with E-state index in [-0.39, 0.29) is 5.82 Å². The van der Waals surface area contributed by atoms with Gasteiger partial charge < -0.3 is 4.57 Å². The van der Waals surface area contributed by atoms with Crippen LogP contribution < -0.4 is 4.80 Å². The summed E-state index contributed by atoms with van der Waals surface area (Å²) < 4.78 is 15.2. The fourth-order valence-corrected chi connectivity index (χ4v) is 3.62. The monoisotopic (exact) mass is 340 g/mol. The number of thiazole rings is 1. The highest BCUT2D eigenvalue weighted by Crippen LogP contribution is 2.19. The first kappa shape index (κ1) is 16.7. The fraction of sp³-hybridized carbons (Fsp3) is 0.250. The quantitative estimate of drug-likeness (QED) is 0.629. The number of halogens is 1. The molecule has 0 N–H and O–H groups in total. The molecular formula is C20H21FN2S. The minimum absolute atomic E-state index is 0.191. The smallest absolute Gasteiger partial charge is 0.190 e. The van der Waals surface area contributed by atoms with E-state index < -0.39 is 0 Å². The van der Waals surface area contributed by atoms with Crippen molar-refractivity contribution in [1.29, 1.82) is 0 Å². The predicted octanol–water partition coefficient (Wildman–Crippen LogP) is 5.09. The predicted molar refractivity (Wildman–Crippen MR) is 98.3 cm³/mol. The first-order valence-corrected chi connectivity index (χ1v) is 8.92. The molecule has 0 aliphatic carbocycles. The van der Waals surface area contributed by atoms with Gasteiger partial charge in [-0.05, 0) is 56.5 Å². The average Bonchev–Trinajstić information content (AvgIpc) is 2.90. The molecule has 1 aromatic heterocycles. The van der Waals surface area contributed by atoms with Crippen molar-refractivity contribution in [3.8, 4) is 0 Å². The maximum absolute atomic E-state index is 13.0. The molecule has 0 amide bonds. The molecule has 0 saturated heterocycles. The van der Waals surface area contributed by atoms with Gasteiger partial charge in [-0.2, -0.15) is 0 Å². The molecule has 0 unspecified atom stereocenters. The number of rotatable bonds is 4. The number of benzene rings is 2. The van der Waals surface area contributed by atoms with Gasteiger partial charge in [0.05, 0.1) is 5.69 Å². The zero-order chi connectivity index (χ0) is 17.1. The van der Waals surface area contributed by atoms with E-state index in [1.54, 1.807) is 11.3 Å². The van der Waals surface area contributed by atoms with Gasteiger partial charge in [0, 0.05) is 17.6 Å². The van der Waals surface area contributed by atoms with E-state index in [2.05, 4.69) is 48.9 Å². The molecule has 3 rings (SSSR count). The summed E-state index contributed by atoms with van der Waals surface area (Å²) in [6.07, 6.45) is 0.859. The van der Waals surface area contributed by atoms with Crippen LogP contribution in [0.1, 0.15) is 22.4 Å². The Morgan fingerprint density at radius 3 is 2.50 bits per heavy atom. The number of aryl methyl sites for hydroxylation is 4. The molecular weight excluding hydrogens is 319 g/mol. The van der Waals surface area contributed by atoms with Crippen molar-refractivity contribution < 1.29 is 4.39 Å². The van der Waals surface area contributed by atoms with Crippen LogP contribution in [0.15, 0.2) is 52.8 Å². The van der Waals surface area contributed by atoms with Crippen molar-refractivity contribution in [2.75, 3.05) is 0 Å². The Balaban J connectivity index is 1.88. The zero-order valence-corrected chi connectivity index (χ0v) is 15.0. The Labute approximate surface area is 146 Å². The summed E-state index contributed by atoms with van der Waals surface area (Å²) in [5.74, 6) is -0.191. The third kappa shape index (κ3) is 3.82. The van der Waals surface area contributed by atoms with E-state index in [4.69, 9.17) is 4.99 Å². The molecule has 4 heteroatoms. The number of aromatic nitrogens is 1. The lowest BCUT2D eigenvalue weighted by molar-refractivity contribution is 0.624. The molecule has 0 radical (unpaired) electrons. The van der Waals surface area contributed by atoms with Crippen molar-refractivity contribution in [1.82, 2.24) is 4.57 Å². The van der Waals surface area contributed by atoms with Gasteiger partial charge in [0.25, 0.3) is 0 Å². The normalized spacial score (nSPS) is 11.9.